The smallest absolute Gasteiger partial charge is 0.358 e. The van der Waals surface area contributed by atoms with Gasteiger partial charge in [0.15, 0.2) is 5.69 Å². The van der Waals surface area contributed by atoms with E-state index in [-0.39, 0.29) is 11.2 Å². The molecule has 0 amide bonds. The van der Waals surface area contributed by atoms with Crippen molar-refractivity contribution in [2.24, 2.45) is 0 Å². The van der Waals surface area contributed by atoms with E-state index in [0.29, 0.717) is 0 Å². The second-order valence-corrected chi connectivity index (χ2v) is 5.90. The Bertz CT molecular complexity index is 476. The molecular formula is C14H22N4O2. The largest absolute Gasteiger partial charge is 0.464 e. The summed E-state index contributed by atoms with van der Waals surface area (Å²) in [5, 5.41) is 0. The lowest BCUT2D eigenvalue weighted by Gasteiger charge is -2.42. The molecule has 1 aromatic rings. The normalized spacial score (nSPS) is 17.1. The van der Waals surface area contributed by atoms with Gasteiger partial charge in [0.1, 0.15) is 5.82 Å². The highest BCUT2D eigenvalue weighted by Crippen LogP contribution is 2.19. The van der Waals surface area contributed by atoms with Crippen LogP contribution < -0.4 is 4.90 Å². The molecule has 6 nitrogen and oxygen atoms in total. The van der Waals surface area contributed by atoms with E-state index >= 15 is 0 Å². The summed E-state index contributed by atoms with van der Waals surface area (Å²) in [6, 6.07) is 0. The highest BCUT2D eigenvalue weighted by atomic mass is 16.5. The van der Waals surface area contributed by atoms with Gasteiger partial charge in [-0.15, -0.1) is 0 Å². The number of carbonyl (C=O) groups excluding carboxylic acids is 1. The molecule has 1 aliphatic heterocycles. The van der Waals surface area contributed by atoms with E-state index in [1.165, 1.54) is 13.3 Å². The summed E-state index contributed by atoms with van der Waals surface area (Å²) in [7, 11) is 1.35. The molecule has 0 aliphatic carbocycles. The number of hydrogen-bond donors (Lipinski definition) is 0. The van der Waals surface area contributed by atoms with Crippen LogP contribution in [0.3, 0.4) is 0 Å². The average Bonchev–Trinajstić information content (AvgIpc) is 2.46. The van der Waals surface area contributed by atoms with Crippen LogP contribution in [0.1, 0.15) is 31.3 Å². The molecular weight excluding hydrogens is 256 g/mol. The first-order chi connectivity index (χ1) is 9.41. The number of aromatic nitrogens is 2. The molecule has 20 heavy (non-hydrogen) atoms. The fraction of sp³-hybridized carbons (Fsp3) is 0.643. The number of ether oxygens (including phenoxy) is 1. The summed E-state index contributed by atoms with van der Waals surface area (Å²) < 4.78 is 4.67. The third kappa shape index (κ3) is 3.25. The third-order valence-electron chi connectivity index (χ3n) is 3.57. The minimum atomic E-state index is -0.451. The van der Waals surface area contributed by atoms with Crippen LogP contribution in [0.2, 0.25) is 0 Å². The Hall–Kier alpha value is -1.69. The number of rotatable bonds is 2. The van der Waals surface area contributed by atoms with Crippen molar-refractivity contribution < 1.29 is 9.53 Å². The molecule has 0 radical (unpaired) electrons. The zero-order valence-electron chi connectivity index (χ0n) is 12.6. The second-order valence-electron chi connectivity index (χ2n) is 5.90. The Morgan fingerprint density at radius 2 is 1.85 bits per heavy atom. The molecule has 1 aromatic heterocycles. The number of anilines is 1. The van der Waals surface area contributed by atoms with Crippen LogP contribution in [0.15, 0.2) is 12.4 Å². The van der Waals surface area contributed by atoms with Crippen LogP contribution in [0.4, 0.5) is 5.82 Å². The molecule has 0 unspecified atom stereocenters. The first-order valence-electron chi connectivity index (χ1n) is 6.82. The summed E-state index contributed by atoms with van der Waals surface area (Å²) in [5.41, 5.74) is 0.439. The summed E-state index contributed by atoms with van der Waals surface area (Å²) in [4.78, 5) is 24.5. The van der Waals surface area contributed by atoms with Crippen LogP contribution in [-0.4, -0.2) is 59.7 Å². The van der Waals surface area contributed by atoms with Crippen molar-refractivity contribution >= 4 is 11.8 Å². The number of carbonyl (C=O) groups is 1. The van der Waals surface area contributed by atoms with E-state index in [2.05, 4.69) is 45.3 Å². The van der Waals surface area contributed by atoms with Gasteiger partial charge in [-0.05, 0) is 20.8 Å². The van der Waals surface area contributed by atoms with E-state index in [1.54, 1.807) is 6.20 Å². The maximum Gasteiger partial charge on any atom is 0.358 e. The van der Waals surface area contributed by atoms with Gasteiger partial charge >= 0.3 is 5.97 Å². The number of piperazine rings is 1. The van der Waals surface area contributed by atoms with Crippen LogP contribution in [0, 0.1) is 0 Å². The molecule has 0 saturated carbocycles. The van der Waals surface area contributed by atoms with Gasteiger partial charge in [-0.1, -0.05) is 0 Å². The number of hydrogen-bond acceptors (Lipinski definition) is 6. The topological polar surface area (TPSA) is 58.6 Å². The number of nitrogens with zero attached hydrogens (tertiary/aromatic N) is 4. The van der Waals surface area contributed by atoms with Crippen molar-refractivity contribution in [3.05, 3.63) is 18.1 Å². The number of esters is 1. The fourth-order valence-electron chi connectivity index (χ4n) is 2.32. The highest BCUT2D eigenvalue weighted by Gasteiger charge is 2.26. The quantitative estimate of drug-likeness (QED) is 0.757. The maximum absolute atomic E-state index is 11.5. The van der Waals surface area contributed by atoms with Gasteiger partial charge in [0, 0.05) is 31.7 Å². The monoisotopic (exact) mass is 278 g/mol. The van der Waals surface area contributed by atoms with Gasteiger partial charge < -0.3 is 9.64 Å². The predicted molar refractivity (Wildman–Crippen MR) is 76.9 cm³/mol. The van der Waals surface area contributed by atoms with Crippen LogP contribution in [-0.2, 0) is 4.74 Å². The van der Waals surface area contributed by atoms with Gasteiger partial charge in [-0.2, -0.15) is 0 Å². The molecule has 1 aliphatic rings. The van der Waals surface area contributed by atoms with Gasteiger partial charge in [0.25, 0.3) is 0 Å². The minimum absolute atomic E-state index is 0.186. The maximum atomic E-state index is 11.5. The zero-order valence-corrected chi connectivity index (χ0v) is 12.6. The van der Waals surface area contributed by atoms with Crippen molar-refractivity contribution in [3.63, 3.8) is 0 Å². The summed E-state index contributed by atoms with van der Waals surface area (Å²) in [6.45, 7) is 10.4. The lowest BCUT2D eigenvalue weighted by molar-refractivity contribution is 0.0593. The molecule has 1 fully saturated rings. The van der Waals surface area contributed by atoms with Crippen LogP contribution in [0.25, 0.3) is 0 Å². The molecule has 6 heteroatoms. The van der Waals surface area contributed by atoms with Crippen molar-refractivity contribution in [1.29, 1.82) is 0 Å². The SMILES string of the molecule is COC(=O)c1cncc(N2CCN(C(C)(C)C)CC2)n1. The van der Waals surface area contributed by atoms with Gasteiger partial charge in [0.05, 0.1) is 19.5 Å². The molecule has 0 atom stereocenters. The predicted octanol–water partition coefficient (Wildman–Crippen LogP) is 1.18. The summed E-state index contributed by atoms with van der Waals surface area (Å²) >= 11 is 0. The first-order valence-corrected chi connectivity index (χ1v) is 6.82. The van der Waals surface area contributed by atoms with Gasteiger partial charge in [-0.3, -0.25) is 9.88 Å². The Morgan fingerprint density at radius 3 is 2.40 bits per heavy atom. The molecule has 0 spiro atoms. The highest BCUT2D eigenvalue weighted by molar-refractivity contribution is 5.87. The van der Waals surface area contributed by atoms with E-state index < -0.39 is 5.97 Å². The summed E-state index contributed by atoms with van der Waals surface area (Å²) in [6.07, 6.45) is 3.12. The standard InChI is InChI=1S/C14H22N4O2/c1-14(2,3)18-7-5-17(6-8-18)12-10-15-9-11(16-12)13(19)20-4/h9-10H,5-8H2,1-4H3. The van der Waals surface area contributed by atoms with Crippen molar-refractivity contribution in [2.45, 2.75) is 26.3 Å². The summed E-state index contributed by atoms with van der Waals surface area (Å²) in [5.74, 6) is 0.286. The Morgan fingerprint density at radius 1 is 1.20 bits per heavy atom. The zero-order chi connectivity index (χ0) is 14.8. The fourth-order valence-corrected chi connectivity index (χ4v) is 2.32. The van der Waals surface area contributed by atoms with Crippen molar-refractivity contribution in [2.75, 3.05) is 38.2 Å². The molecule has 0 N–H and O–H groups in total. The van der Waals surface area contributed by atoms with Crippen LogP contribution in [0.5, 0.6) is 0 Å². The Balaban J connectivity index is 2.05. The Labute approximate surface area is 119 Å². The minimum Gasteiger partial charge on any atom is -0.464 e. The van der Waals surface area contributed by atoms with E-state index in [1.807, 2.05) is 0 Å². The first kappa shape index (κ1) is 14.7. The van der Waals surface area contributed by atoms with Crippen LogP contribution >= 0.6 is 0 Å². The second kappa shape index (κ2) is 5.75. The van der Waals surface area contributed by atoms with Crippen molar-refractivity contribution in [3.8, 4) is 0 Å². The lowest BCUT2D eigenvalue weighted by atomic mass is 10.1. The molecule has 0 bridgehead atoms. The van der Waals surface area contributed by atoms with Gasteiger partial charge in [-0.25, -0.2) is 9.78 Å². The van der Waals surface area contributed by atoms with Gasteiger partial charge in [0.2, 0.25) is 0 Å². The Kier molecular flexibility index (Phi) is 4.23. The molecule has 2 heterocycles. The lowest BCUT2D eigenvalue weighted by Crippen LogP contribution is -2.53. The molecule has 0 aromatic carbocycles. The van der Waals surface area contributed by atoms with E-state index in [4.69, 9.17) is 0 Å². The van der Waals surface area contributed by atoms with E-state index in [9.17, 15) is 4.79 Å². The van der Waals surface area contributed by atoms with E-state index in [0.717, 1.165) is 32.0 Å². The van der Waals surface area contributed by atoms with Crippen molar-refractivity contribution in [1.82, 2.24) is 14.9 Å². The third-order valence-corrected chi connectivity index (χ3v) is 3.57. The molecule has 2 rings (SSSR count). The average molecular weight is 278 g/mol. The molecule has 1 saturated heterocycles. The molecule has 110 valence electrons. The number of methoxy groups -OCH3 is 1.